The molecule has 1 aromatic carbocycles. The van der Waals surface area contributed by atoms with Gasteiger partial charge in [-0.2, -0.15) is 0 Å². The lowest BCUT2D eigenvalue weighted by Gasteiger charge is -2.41. The lowest BCUT2D eigenvalue weighted by atomic mass is 9.94. The summed E-state index contributed by atoms with van der Waals surface area (Å²) in [5, 5.41) is 0. The number of carbonyl (C=O) groups is 3. The largest absolute Gasteiger partial charge is 0.375 e. The molecule has 2 aliphatic rings. The van der Waals surface area contributed by atoms with Crippen LogP contribution < -0.4 is 4.90 Å². The van der Waals surface area contributed by atoms with Crippen molar-refractivity contribution in [2.45, 2.75) is 25.8 Å². The molecular weight excluding hydrogens is 346 g/mol. The van der Waals surface area contributed by atoms with Crippen molar-refractivity contribution in [2.75, 3.05) is 44.8 Å². The second kappa shape index (κ2) is 8.52. The standard InChI is InChI=1S/C20H27N3O4/c1-15-19(25)23(17-6-4-3-5-7-17)13-12-22(15)20(26)16-8-10-21(11-9-16)18(24)14-27-2/h3-7,15-16H,8-14H2,1-2H3. The normalized spacial score (nSPS) is 21.5. The van der Waals surface area contributed by atoms with Gasteiger partial charge in [0.1, 0.15) is 12.6 Å². The van der Waals surface area contributed by atoms with Crippen LogP contribution in [-0.4, -0.2) is 73.5 Å². The molecule has 1 aromatic rings. The quantitative estimate of drug-likeness (QED) is 0.794. The molecule has 0 aliphatic carbocycles. The average Bonchev–Trinajstić information content (AvgIpc) is 2.70. The van der Waals surface area contributed by atoms with Gasteiger partial charge in [-0.1, -0.05) is 18.2 Å². The van der Waals surface area contributed by atoms with Gasteiger partial charge in [-0.3, -0.25) is 14.4 Å². The van der Waals surface area contributed by atoms with Crippen LogP contribution in [0.2, 0.25) is 0 Å². The summed E-state index contributed by atoms with van der Waals surface area (Å²) in [7, 11) is 1.50. The van der Waals surface area contributed by atoms with Crippen molar-refractivity contribution in [1.29, 1.82) is 0 Å². The second-order valence-electron chi connectivity index (χ2n) is 7.12. The Morgan fingerprint density at radius 1 is 1.07 bits per heavy atom. The van der Waals surface area contributed by atoms with Gasteiger partial charge in [0, 0.05) is 44.9 Å². The van der Waals surface area contributed by atoms with Gasteiger partial charge in [-0.15, -0.1) is 0 Å². The van der Waals surface area contributed by atoms with Crippen molar-refractivity contribution in [2.24, 2.45) is 5.92 Å². The number of rotatable bonds is 4. The van der Waals surface area contributed by atoms with E-state index in [1.165, 1.54) is 7.11 Å². The van der Waals surface area contributed by atoms with E-state index < -0.39 is 6.04 Å². The SMILES string of the molecule is COCC(=O)N1CCC(C(=O)N2CCN(c3ccccc3)C(=O)C2C)CC1. The van der Waals surface area contributed by atoms with E-state index in [-0.39, 0.29) is 30.2 Å². The van der Waals surface area contributed by atoms with Crippen LogP contribution in [0, 0.1) is 5.92 Å². The lowest BCUT2D eigenvalue weighted by Crippen LogP contribution is -2.59. The zero-order valence-electron chi connectivity index (χ0n) is 16.0. The molecule has 1 atom stereocenters. The molecule has 146 valence electrons. The van der Waals surface area contributed by atoms with Gasteiger partial charge in [0.2, 0.25) is 17.7 Å². The first kappa shape index (κ1) is 19.4. The zero-order valence-corrected chi connectivity index (χ0v) is 16.0. The lowest BCUT2D eigenvalue weighted by molar-refractivity contribution is -0.147. The van der Waals surface area contributed by atoms with E-state index in [1.807, 2.05) is 30.3 Å². The number of methoxy groups -OCH3 is 1. The number of likely N-dealkylation sites (tertiary alicyclic amines) is 1. The van der Waals surface area contributed by atoms with Gasteiger partial charge in [-0.05, 0) is 31.9 Å². The highest BCUT2D eigenvalue weighted by Crippen LogP contribution is 2.25. The van der Waals surface area contributed by atoms with Crippen LogP contribution in [0.3, 0.4) is 0 Å². The summed E-state index contributed by atoms with van der Waals surface area (Å²) >= 11 is 0. The van der Waals surface area contributed by atoms with Gasteiger partial charge >= 0.3 is 0 Å². The maximum Gasteiger partial charge on any atom is 0.249 e. The van der Waals surface area contributed by atoms with Crippen molar-refractivity contribution in [1.82, 2.24) is 9.80 Å². The molecule has 7 heteroatoms. The number of para-hydroxylation sites is 1. The summed E-state index contributed by atoms with van der Waals surface area (Å²) < 4.78 is 4.89. The maximum absolute atomic E-state index is 13.0. The van der Waals surface area contributed by atoms with Gasteiger partial charge in [-0.25, -0.2) is 0 Å². The van der Waals surface area contributed by atoms with E-state index in [4.69, 9.17) is 4.74 Å². The topological polar surface area (TPSA) is 70.2 Å². The first-order valence-electron chi connectivity index (χ1n) is 9.46. The molecule has 0 N–H and O–H groups in total. The molecule has 27 heavy (non-hydrogen) atoms. The first-order valence-corrected chi connectivity index (χ1v) is 9.46. The van der Waals surface area contributed by atoms with Crippen molar-refractivity contribution in [3.8, 4) is 0 Å². The number of nitrogens with zero attached hydrogens (tertiary/aromatic N) is 3. The second-order valence-corrected chi connectivity index (χ2v) is 7.12. The number of amides is 3. The summed E-state index contributed by atoms with van der Waals surface area (Å²) in [6, 6.07) is 9.08. The number of benzene rings is 1. The van der Waals surface area contributed by atoms with Gasteiger partial charge in [0.05, 0.1) is 0 Å². The number of anilines is 1. The van der Waals surface area contributed by atoms with Crippen LogP contribution >= 0.6 is 0 Å². The molecule has 0 saturated carbocycles. The molecule has 2 saturated heterocycles. The molecule has 3 rings (SSSR count). The zero-order chi connectivity index (χ0) is 19.4. The van der Waals surface area contributed by atoms with Gasteiger partial charge in [0.15, 0.2) is 0 Å². The summed E-state index contributed by atoms with van der Waals surface area (Å²) in [6.07, 6.45) is 1.27. The first-order chi connectivity index (χ1) is 13.0. The fraction of sp³-hybridized carbons (Fsp3) is 0.550. The molecule has 1 unspecified atom stereocenters. The Bertz CT molecular complexity index is 686. The van der Waals surface area contributed by atoms with E-state index in [9.17, 15) is 14.4 Å². The Balaban J connectivity index is 1.59. The maximum atomic E-state index is 13.0. The fourth-order valence-electron chi connectivity index (χ4n) is 3.86. The molecule has 3 amide bonds. The predicted octanol–water partition coefficient (Wildman–Crippen LogP) is 1.14. The smallest absolute Gasteiger partial charge is 0.249 e. The molecule has 7 nitrogen and oxygen atoms in total. The van der Waals surface area contributed by atoms with Crippen LogP contribution in [0.5, 0.6) is 0 Å². The number of piperidine rings is 1. The van der Waals surface area contributed by atoms with Crippen LogP contribution in [-0.2, 0) is 19.1 Å². The Morgan fingerprint density at radius 2 is 1.74 bits per heavy atom. The summed E-state index contributed by atoms with van der Waals surface area (Å²) in [4.78, 5) is 42.9. The van der Waals surface area contributed by atoms with Crippen molar-refractivity contribution in [3.63, 3.8) is 0 Å². The van der Waals surface area contributed by atoms with E-state index in [0.29, 0.717) is 39.0 Å². The Kier molecular flexibility index (Phi) is 6.11. The van der Waals surface area contributed by atoms with Crippen LogP contribution in [0.25, 0.3) is 0 Å². The fourth-order valence-corrected chi connectivity index (χ4v) is 3.86. The highest BCUT2D eigenvalue weighted by Gasteiger charge is 2.38. The Hall–Kier alpha value is -2.41. The predicted molar refractivity (Wildman–Crippen MR) is 101 cm³/mol. The van der Waals surface area contributed by atoms with E-state index in [2.05, 4.69) is 0 Å². The Labute approximate surface area is 159 Å². The molecule has 2 fully saturated rings. The van der Waals surface area contributed by atoms with Crippen LogP contribution in [0.15, 0.2) is 30.3 Å². The van der Waals surface area contributed by atoms with Gasteiger partial charge in [0.25, 0.3) is 0 Å². The van der Waals surface area contributed by atoms with E-state index in [1.54, 1.807) is 21.6 Å². The minimum atomic E-state index is -0.473. The molecule has 0 spiro atoms. The molecular formula is C20H27N3O4. The monoisotopic (exact) mass is 373 g/mol. The molecule has 0 aromatic heterocycles. The number of hydrogen-bond acceptors (Lipinski definition) is 4. The average molecular weight is 373 g/mol. The summed E-state index contributed by atoms with van der Waals surface area (Å²) in [6.45, 7) is 4.03. The summed E-state index contributed by atoms with van der Waals surface area (Å²) in [5.41, 5.74) is 0.867. The van der Waals surface area contributed by atoms with Crippen LogP contribution in [0.1, 0.15) is 19.8 Å². The number of carbonyl (C=O) groups excluding carboxylic acids is 3. The van der Waals surface area contributed by atoms with Crippen molar-refractivity contribution in [3.05, 3.63) is 30.3 Å². The van der Waals surface area contributed by atoms with Gasteiger partial charge < -0.3 is 19.4 Å². The molecule has 2 heterocycles. The minimum absolute atomic E-state index is 0.0300. The molecule has 0 bridgehead atoms. The molecule has 0 radical (unpaired) electrons. The Morgan fingerprint density at radius 3 is 2.37 bits per heavy atom. The highest BCUT2D eigenvalue weighted by atomic mass is 16.5. The number of piperazine rings is 1. The van der Waals surface area contributed by atoms with Crippen molar-refractivity contribution >= 4 is 23.4 Å². The third kappa shape index (κ3) is 4.13. The number of ether oxygens (including phenoxy) is 1. The summed E-state index contributed by atoms with van der Waals surface area (Å²) in [5.74, 6) is -0.186. The third-order valence-electron chi connectivity index (χ3n) is 5.47. The number of hydrogen-bond donors (Lipinski definition) is 0. The molecule has 2 aliphatic heterocycles. The van der Waals surface area contributed by atoms with Crippen molar-refractivity contribution < 1.29 is 19.1 Å². The minimum Gasteiger partial charge on any atom is -0.375 e. The third-order valence-corrected chi connectivity index (χ3v) is 5.47. The highest BCUT2D eigenvalue weighted by molar-refractivity contribution is 6.00. The van der Waals surface area contributed by atoms with Crippen LogP contribution in [0.4, 0.5) is 5.69 Å². The van der Waals surface area contributed by atoms with E-state index >= 15 is 0 Å². The van der Waals surface area contributed by atoms with E-state index in [0.717, 1.165) is 5.69 Å².